The molecule has 24 heavy (non-hydrogen) atoms. The van der Waals surface area contributed by atoms with E-state index in [-0.39, 0.29) is 10.8 Å². The Morgan fingerprint density at radius 1 is 1.04 bits per heavy atom. The number of ether oxygens (including phenoxy) is 1. The van der Waals surface area contributed by atoms with Crippen LogP contribution in [0.5, 0.6) is 5.75 Å². The van der Waals surface area contributed by atoms with Crippen molar-refractivity contribution in [1.82, 2.24) is 0 Å². The molecule has 0 heterocycles. The average molecular weight is 349 g/mol. The first kappa shape index (κ1) is 17.8. The minimum Gasteiger partial charge on any atom is -0.497 e. The maximum atomic E-state index is 12.2. The van der Waals surface area contributed by atoms with Crippen LogP contribution in [-0.4, -0.2) is 27.5 Å². The number of nitrogens with two attached hydrogens (primary N) is 1. The molecular weight excluding hydrogens is 330 g/mol. The summed E-state index contributed by atoms with van der Waals surface area (Å²) in [5.41, 5.74) is 1.26. The predicted molar refractivity (Wildman–Crippen MR) is 92.5 cm³/mol. The van der Waals surface area contributed by atoms with Gasteiger partial charge in [0.05, 0.1) is 12.0 Å². The Bertz CT molecular complexity index is 802. The van der Waals surface area contributed by atoms with Crippen molar-refractivity contribution >= 4 is 27.3 Å². The minimum absolute atomic E-state index is 0.00935. The van der Waals surface area contributed by atoms with E-state index in [0.717, 1.165) is 11.4 Å². The highest BCUT2D eigenvalue weighted by Gasteiger charge is 2.13. The van der Waals surface area contributed by atoms with Crippen LogP contribution in [0, 0.1) is 0 Å². The fourth-order valence-corrected chi connectivity index (χ4v) is 2.50. The van der Waals surface area contributed by atoms with Gasteiger partial charge in [-0.2, -0.15) is 0 Å². The maximum Gasteiger partial charge on any atom is 0.246 e. The van der Waals surface area contributed by atoms with Crippen LogP contribution in [0.4, 0.5) is 11.4 Å². The van der Waals surface area contributed by atoms with Gasteiger partial charge in [-0.15, -0.1) is 0 Å². The lowest BCUT2D eigenvalue weighted by Gasteiger charge is -2.15. The predicted octanol–water partition coefficient (Wildman–Crippen LogP) is 1.78. The molecule has 0 saturated carbocycles. The van der Waals surface area contributed by atoms with Gasteiger partial charge < -0.3 is 15.4 Å². The lowest BCUT2D eigenvalue weighted by atomic mass is 10.2. The summed E-state index contributed by atoms with van der Waals surface area (Å²) in [6, 6.07) is 12.4. The van der Waals surface area contributed by atoms with Crippen molar-refractivity contribution < 1.29 is 17.9 Å². The smallest absolute Gasteiger partial charge is 0.246 e. The highest BCUT2D eigenvalue weighted by atomic mass is 32.2. The summed E-state index contributed by atoms with van der Waals surface area (Å²) in [4.78, 5) is 12.2. The van der Waals surface area contributed by atoms with Gasteiger partial charge in [0.2, 0.25) is 15.9 Å². The number of carbonyl (C=O) groups excluding carboxylic acids is 1. The summed E-state index contributed by atoms with van der Waals surface area (Å²) in [6.45, 7) is 1.72. The number of hydrogen-bond acceptors (Lipinski definition) is 5. The largest absolute Gasteiger partial charge is 0.497 e. The molecule has 7 nitrogen and oxygen atoms in total. The number of carbonyl (C=O) groups is 1. The SMILES string of the molecule is COc1ccc(N[C@@H](C)C(=O)Nc2ccc(S(N)(=O)=O)cc2)cc1. The quantitative estimate of drug-likeness (QED) is 0.736. The van der Waals surface area contributed by atoms with Gasteiger partial charge in [-0.3, -0.25) is 4.79 Å². The first-order valence-electron chi connectivity index (χ1n) is 7.14. The Kier molecular flexibility index (Phi) is 5.42. The molecule has 2 aromatic rings. The highest BCUT2D eigenvalue weighted by molar-refractivity contribution is 7.89. The Morgan fingerprint density at radius 2 is 1.58 bits per heavy atom. The summed E-state index contributed by atoms with van der Waals surface area (Å²) < 4.78 is 27.5. The molecule has 4 N–H and O–H groups in total. The van der Waals surface area contributed by atoms with E-state index >= 15 is 0 Å². The molecule has 0 unspecified atom stereocenters. The fourth-order valence-electron chi connectivity index (χ4n) is 1.98. The van der Waals surface area contributed by atoms with Crippen molar-refractivity contribution in [2.45, 2.75) is 17.9 Å². The molecule has 0 bridgehead atoms. The number of benzene rings is 2. The van der Waals surface area contributed by atoms with Crippen LogP contribution >= 0.6 is 0 Å². The van der Waals surface area contributed by atoms with Crippen LogP contribution in [0.1, 0.15) is 6.92 Å². The molecule has 1 atom stereocenters. The van der Waals surface area contributed by atoms with Gasteiger partial charge in [0.15, 0.2) is 0 Å². The van der Waals surface area contributed by atoms with Gasteiger partial charge in [0, 0.05) is 11.4 Å². The van der Waals surface area contributed by atoms with Crippen molar-refractivity contribution in [3.8, 4) is 5.75 Å². The third-order valence-electron chi connectivity index (χ3n) is 3.32. The lowest BCUT2D eigenvalue weighted by Crippen LogP contribution is -2.31. The zero-order chi connectivity index (χ0) is 17.7. The van der Waals surface area contributed by atoms with Crippen LogP contribution in [-0.2, 0) is 14.8 Å². The van der Waals surface area contributed by atoms with Gasteiger partial charge in [-0.1, -0.05) is 0 Å². The van der Waals surface area contributed by atoms with E-state index in [1.54, 1.807) is 26.2 Å². The van der Waals surface area contributed by atoms with E-state index in [9.17, 15) is 13.2 Å². The van der Waals surface area contributed by atoms with Gasteiger partial charge >= 0.3 is 0 Å². The van der Waals surface area contributed by atoms with Crippen LogP contribution in [0.2, 0.25) is 0 Å². The third-order valence-corrected chi connectivity index (χ3v) is 4.25. The molecule has 0 aromatic heterocycles. The minimum atomic E-state index is -3.75. The van der Waals surface area contributed by atoms with E-state index < -0.39 is 16.1 Å². The van der Waals surface area contributed by atoms with Crippen molar-refractivity contribution in [3.63, 3.8) is 0 Å². The molecule has 0 radical (unpaired) electrons. The number of sulfonamides is 1. The molecule has 2 aromatic carbocycles. The number of nitrogens with one attached hydrogen (secondary N) is 2. The lowest BCUT2D eigenvalue weighted by molar-refractivity contribution is -0.116. The Hall–Kier alpha value is -2.58. The molecule has 2 rings (SSSR count). The third kappa shape index (κ3) is 4.71. The molecule has 0 aliphatic heterocycles. The fraction of sp³-hybridized carbons (Fsp3) is 0.188. The van der Waals surface area contributed by atoms with Gasteiger partial charge in [-0.05, 0) is 55.5 Å². The number of anilines is 2. The van der Waals surface area contributed by atoms with E-state index in [1.165, 1.54) is 24.3 Å². The summed E-state index contributed by atoms with van der Waals surface area (Å²) in [5, 5.41) is 10.8. The summed E-state index contributed by atoms with van der Waals surface area (Å²) in [5.74, 6) is 0.474. The normalized spacial score (nSPS) is 12.3. The highest BCUT2D eigenvalue weighted by Crippen LogP contribution is 2.17. The second-order valence-corrected chi connectivity index (χ2v) is 6.71. The Morgan fingerprint density at radius 3 is 2.08 bits per heavy atom. The zero-order valence-corrected chi connectivity index (χ0v) is 14.1. The van der Waals surface area contributed by atoms with E-state index in [1.807, 2.05) is 12.1 Å². The molecule has 0 aliphatic carbocycles. The molecule has 8 heteroatoms. The van der Waals surface area contributed by atoms with Gasteiger partial charge in [0.1, 0.15) is 11.8 Å². The van der Waals surface area contributed by atoms with E-state index in [2.05, 4.69) is 10.6 Å². The summed E-state index contributed by atoms with van der Waals surface area (Å²) in [7, 11) is -2.16. The van der Waals surface area contributed by atoms with Gasteiger partial charge in [-0.25, -0.2) is 13.6 Å². The molecule has 1 amide bonds. The first-order chi connectivity index (χ1) is 11.3. The van der Waals surface area contributed by atoms with Gasteiger partial charge in [0.25, 0.3) is 0 Å². The molecule has 0 aliphatic rings. The van der Waals surface area contributed by atoms with Crippen LogP contribution < -0.4 is 20.5 Å². The Balaban J connectivity index is 1.98. The second-order valence-electron chi connectivity index (χ2n) is 5.15. The average Bonchev–Trinajstić information content (AvgIpc) is 2.55. The molecule has 128 valence electrons. The van der Waals surface area contributed by atoms with E-state index in [0.29, 0.717) is 5.69 Å². The van der Waals surface area contributed by atoms with Crippen molar-refractivity contribution in [1.29, 1.82) is 0 Å². The number of amides is 1. The molecule has 0 fully saturated rings. The molecular formula is C16H19N3O4S. The topological polar surface area (TPSA) is 111 Å². The molecule has 0 saturated heterocycles. The maximum absolute atomic E-state index is 12.2. The number of primary sulfonamides is 1. The standard InChI is InChI=1S/C16H19N3O4S/c1-11(18-12-3-7-14(23-2)8-4-12)16(20)19-13-5-9-15(10-6-13)24(17,21)22/h3-11,18H,1-2H3,(H,19,20)(H2,17,21,22)/t11-/m0/s1. The summed E-state index contributed by atoms with van der Waals surface area (Å²) >= 11 is 0. The monoisotopic (exact) mass is 349 g/mol. The molecule has 0 spiro atoms. The van der Waals surface area contributed by atoms with Crippen LogP contribution in [0.3, 0.4) is 0 Å². The second kappa shape index (κ2) is 7.33. The number of methoxy groups -OCH3 is 1. The van der Waals surface area contributed by atoms with Crippen molar-refractivity contribution in [2.24, 2.45) is 5.14 Å². The van der Waals surface area contributed by atoms with Crippen LogP contribution in [0.15, 0.2) is 53.4 Å². The van der Waals surface area contributed by atoms with E-state index in [4.69, 9.17) is 9.88 Å². The van der Waals surface area contributed by atoms with Crippen molar-refractivity contribution in [2.75, 3.05) is 17.7 Å². The Labute approximate surface area is 140 Å². The van der Waals surface area contributed by atoms with Crippen LogP contribution in [0.25, 0.3) is 0 Å². The summed E-state index contributed by atoms with van der Waals surface area (Å²) in [6.07, 6.45) is 0. The zero-order valence-electron chi connectivity index (χ0n) is 13.3. The number of hydrogen-bond donors (Lipinski definition) is 3. The number of rotatable bonds is 6. The van der Waals surface area contributed by atoms with Crippen molar-refractivity contribution in [3.05, 3.63) is 48.5 Å². The first-order valence-corrected chi connectivity index (χ1v) is 8.68.